The van der Waals surface area contributed by atoms with Crippen LogP contribution in [0.3, 0.4) is 0 Å². The summed E-state index contributed by atoms with van der Waals surface area (Å²) < 4.78 is 5.35. The molecule has 1 aliphatic heterocycles. The second-order valence-corrected chi connectivity index (χ2v) is 6.01. The molecule has 5 nitrogen and oxygen atoms in total. The number of ether oxygens (including phenoxy) is 1. The normalized spacial score (nSPS) is 18.3. The Kier molecular flexibility index (Phi) is 6.06. The van der Waals surface area contributed by atoms with Gasteiger partial charge >= 0.3 is 5.97 Å². The van der Waals surface area contributed by atoms with Crippen molar-refractivity contribution in [1.29, 1.82) is 0 Å². The van der Waals surface area contributed by atoms with Gasteiger partial charge in [0.05, 0.1) is 19.1 Å². The lowest BCUT2D eigenvalue weighted by molar-refractivity contribution is -0.147. The van der Waals surface area contributed by atoms with Crippen LogP contribution in [0.1, 0.15) is 18.4 Å². The van der Waals surface area contributed by atoms with E-state index >= 15 is 0 Å². The molecule has 0 radical (unpaired) electrons. The molecule has 1 aromatic carbocycles. The Morgan fingerprint density at radius 1 is 1.36 bits per heavy atom. The van der Waals surface area contributed by atoms with E-state index in [0.29, 0.717) is 42.6 Å². The molecule has 0 bridgehead atoms. The van der Waals surface area contributed by atoms with Crippen LogP contribution in [0.5, 0.6) is 0 Å². The maximum absolute atomic E-state index is 12.2. The molecule has 22 heavy (non-hydrogen) atoms. The van der Waals surface area contributed by atoms with Gasteiger partial charge in [0, 0.05) is 29.6 Å². The van der Waals surface area contributed by atoms with Crippen molar-refractivity contribution in [2.45, 2.75) is 25.4 Å². The van der Waals surface area contributed by atoms with Gasteiger partial charge in [-0.25, -0.2) is 0 Å². The predicted octanol–water partition coefficient (Wildman–Crippen LogP) is 2.63. The van der Waals surface area contributed by atoms with Gasteiger partial charge in [0.2, 0.25) is 5.91 Å². The van der Waals surface area contributed by atoms with Crippen molar-refractivity contribution in [3.63, 3.8) is 0 Å². The predicted molar refractivity (Wildman–Crippen MR) is 83.4 cm³/mol. The summed E-state index contributed by atoms with van der Waals surface area (Å²) in [7, 11) is 0. The summed E-state index contributed by atoms with van der Waals surface area (Å²) in [5, 5.41) is 9.89. The van der Waals surface area contributed by atoms with E-state index in [2.05, 4.69) is 0 Å². The van der Waals surface area contributed by atoms with Gasteiger partial charge in [0.25, 0.3) is 0 Å². The molecular formula is C15H17Cl2NO4. The molecule has 1 N–H and O–H groups in total. The highest BCUT2D eigenvalue weighted by Crippen LogP contribution is 2.22. The van der Waals surface area contributed by atoms with Gasteiger partial charge in [-0.15, -0.1) is 0 Å². The number of hydrogen-bond donors (Lipinski definition) is 1. The van der Waals surface area contributed by atoms with E-state index in [1.54, 1.807) is 17.0 Å². The Labute approximate surface area is 138 Å². The zero-order valence-electron chi connectivity index (χ0n) is 11.9. The fourth-order valence-electron chi connectivity index (χ4n) is 2.39. The number of amides is 1. The summed E-state index contributed by atoms with van der Waals surface area (Å²) >= 11 is 11.9. The summed E-state index contributed by atoms with van der Waals surface area (Å²) in [6.07, 6.45) is 0.318. The number of hydrogen-bond acceptors (Lipinski definition) is 3. The number of aliphatic carboxylic acids is 1. The van der Waals surface area contributed by atoms with E-state index in [4.69, 9.17) is 33.0 Å². The van der Waals surface area contributed by atoms with Crippen LogP contribution in [-0.4, -0.2) is 47.7 Å². The molecule has 1 aliphatic rings. The fourth-order valence-corrected chi connectivity index (χ4v) is 2.89. The molecule has 1 saturated heterocycles. The summed E-state index contributed by atoms with van der Waals surface area (Å²) in [6, 6.07) is 5.20. The number of carboxylic acids is 1. The highest BCUT2D eigenvalue weighted by atomic mass is 35.5. The average Bonchev–Trinajstić information content (AvgIpc) is 2.45. The maximum atomic E-state index is 12.2. The quantitative estimate of drug-likeness (QED) is 0.890. The molecule has 1 aromatic rings. The van der Waals surface area contributed by atoms with Crippen LogP contribution in [0.15, 0.2) is 18.2 Å². The van der Waals surface area contributed by atoms with Gasteiger partial charge in [-0.1, -0.05) is 29.3 Å². The minimum absolute atomic E-state index is 0.0234. The average molecular weight is 346 g/mol. The van der Waals surface area contributed by atoms with Gasteiger partial charge in [-0.05, 0) is 24.1 Å². The lowest BCUT2D eigenvalue weighted by Gasteiger charge is -2.32. The lowest BCUT2D eigenvalue weighted by Crippen LogP contribution is -2.46. The highest BCUT2D eigenvalue weighted by Gasteiger charge is 2.25. The standard InChI is InChI=1S/C15H17Cl2NO4/c16-11-3-1-10(13(17)7-11)2-4-14(19)18-5-6-22-12(9-18)8-15(20)21/h1,3,7,12H,2,4-6,8-9H2,(H,20,21). The molecule has 1 atom stereocenters. The van der Waals surface area contributed by atoms with Crippen LogP contribution in [0, 0.1) is 0 Å². The number of benzene rings is 1. The van der Waals surface area contributed by atoms with Crippen molar-refractivity contribution in [2.75, 3.05) is 19.7 Å². The third-order valence-electron chi connectivity index (χ3n) is 3.52. The van der Waals surface area contributed by atoms with E-state index in [1.807, 2.05) is 6.07 Å². The van der Waals surface area contributed by atoms with E-state index < -0.39 is 12.1 Å². The van der Waals surface area contributed by atoms with E-state index in [-0.39, 0.29) is 12.3 Å². The smallest absolute Gasteiger partial charge is 0.306 e. The Morgan fingerprint density at radius 3 is 2.82 bits per heavy atom. The first-order valence-corrected chi connectivity index (χ1v) is 7.76. The minimum Gasteiger partial charge on any atom is -0.481 e. The first-order valence-electron chi connectivity index (χ1n) is 7.01. The molecule has 7 heteroatoms. The van der Waals surface area contributed by atoms with Crippen molar-refractivity contribution in [2.24, 2.45) is 0 Å². The Hall–Kier alpha value is -1.30. The number of morpholine rings is 1. The molecule has 0 spiro atoms. The summed E-state index contributed by atoms with van der Waals surface area (Å²) in [4.78, 5) is 24.6. The zero-order chi connectivity index (χ0) is 16.1. The van der Waals surface area contributed by atoms with E-state index in [0.717, 1.165) is 5.56 Å². The second kappa shape index (κ2) is 7.81. The third kappa shape index (κ3) is 4.87. The SMILES string of the molecule is O=C(O)CC1CN(C(=O)CCc2ccc(Cl)cc2Cl)CCO1. The first-order chi connectivity index (χ1) is 10.5. The van der Waals surface area contributed by atoms with Gasteiger partial charge < -0.3 is 14.7 Å². The topological polar surface area (TPSA) is 66.8 Å². The number of aryl methyl sites for hydroxylation is 1. The van der Waals surface area contributed by atoms with Crippen molar-refractivity contribution >= 4 is 35.1 Å². The van der Waals surface area contributed by atoms with Crippen molar-refractivity contribution in [3.05, 3.63) is 33.8 Å². The molecule has 0 saturated carbocycles. The number of carbonyl (C=O) groups excluding carboxylic acids is 1. The zero-order valence-corrected chi connectivity index (χ0v) is 13.4. The number of halogens is 2. The van der Waals surface area contributed by atoms with Crippen molar-refractivity contribution in [3.8, 4) is 0 Å². The number of carboxylic acid groups (broad SMARTS) is 1. The molecule has 1 amide bonds. The van der Waals surface area contributed by atoms with Crippen molar-refractivity contribution in [1.82, 2.24) is 4.90 Å². The van der Waals surface area contributed by atoms with E-state index in [9.17, 15) is 9.59 Å². The van der Waals surface area contributed by atoms with Gasteiger partial charge in [-0.3, -0.25) is 9.59 Å². The largest absolute Gasteiger partial charge is 0.481 e. The van der Waals surface area contributed by atoms with Crippen LogP contribution >= 0.6 is 23.2 Å². The van der Waals surface area contributed by atoms with Crippen LogP contribution in [0.2, 0.25) is 10.0 Å². The van der Waals surface area contributed by atoms with E-state index in [1.165, 1.54) is 0 Å². The summed E-state index contributed by atoms with van der Waals surface area (Å²) in [5.74, 6) is -0.947. The number of nitrogens with zero attached hydrogens (tertiary/aromatic N) is 1. The highest BCUT2D eigenvalue weighted by molar-refractivity contribution is 6.35. The molecule has 1 heterocycles. The van der Waals surface area contributed by atoms with Crippen LogP contribution in [0.25, 0.3) is 0 Å². The van der Waals surface area contributed by atoms with Crippen LogP contribution < -0.4 is 0 Å². The number of rotatable bonds is 5. The molecule has 0 aromatic heterocycles. The minimum atomic E-state index is -0.924. The molecule has 1 fully saturated rings. The van der Waals surface area contributed by atoms with Gasteiger partial charge in [0.15, 0.2) is 0 Å². The van der Waals surface area contributed by atoms with Gasteiger partial charge in [-0.2, -0.15) is 0 Å². The van der Waals surface area contributed by atoms with Crippen LogP contribution in [0.4, 0.5) is 0 Å². The fraction of sp³-hybridized carbons (Fsp3) is 0.467. The molecule has 0 aliphatic carbocycles. The Morgan fingerprint density at radius 2 is 2.14 bits per heavy atom. The third-order valence-corrected chi connectivity index (χ3v) is 4.10. The monoisotopic (exact) mass is 345 g/mol. The summed E-state index contributed by atoms with van der Waals surface area (Å²) in [5.41, 5.74) is 0.870. The molecular weight excluding hydrogens is 329 g/mol. The lowest BCUT2D eigenvalue weighted by atomic mass is 10.1. The molecule has 2 rings (SSSR count). The van der Waals surface area contributed by atoms with Crippen LogP contribution in [-0.2, 0) is 20.7 Å². The Bertz CT molecular complexity index is 564. The summed E-state index contributed by atoms with van der Waals surface area (Å²) in [6.45, 7) is 1.17. The molecule has 120 valence electrons. The molecule has 1 unspecified atom stereocenters. The Balaban J connectivity index is 1.87. The number of carbonyl (C=O) groups is 2. The second-order valence-electron chi connectivity index (χ2n) is 5.17. The first kappa shape index (κ1) is 17.1. The van der Waals surface area contributed by atoms with Gasteiger partial charge in [0.1, 0.15) is 0 Å². The van der Waals surface area contributed by atoms with Crippen molar-refractivity contribution < 1.29 is 19.4 Å². The maximum Gasteiger partial charge on any atom is 0.306 e.